The molecule has 0 aromatic carbocycles. The van der Waals surface area contributed by atoms with Crippen molar-refractivity contribution < 1.29 is 9.13 Å². The topological polar surface area (TPSA) is 43.0 Å². The van der Waals surface area contributed by atoms with Crippen molar-refractivity contribution in [3.05, 3.63) is 12.3 Å². The molecule has 2 N–H and O–H groups in total. The lowest BCUT2D eigenvalue weighted by Gasteiger charge is -2.45. The predicted molar refractivity (Wildman–Crippen MR) is 145 cm³/mol. The van der Waals surface area contributed by atoms with Gasteiger partial charge in [-0.1, -0.05) is 20.4 Å². The molecule has 36 heavy (non-hydrogen) atoms. The van der Waals surface area contributed by atoms with Crippen LogP contribution in [0.1, 0.15) is 59.3 Å². The standard InChI is InChI=1S/C29H52FN5O/c1-21-17-34(26(16-31-21)19-33-9-11-36-12-10-33)18-22(2)35-20-29(3,4)28-27(35)14-24(15-32-28)13-23-5-7-25(30)8-6-23/h21,23-28,31-32H,2,5-20H2,1,3-4H3/t21-,23?,24?,25?,26?,27?,28?/m1/s1. The zero-order valence-corrected chi connectivity index (χ0v) is 23.2. The minimum absolute atomic E-state index is 0.245. The molecule has 0 amide bonds. The molecule has 0 aromatic rings. The smallest absolute Gasteiger partial charge is 0.100 e. The van der Waals surface area contributed by atoms with E-state index in [1.807, 2.05) is 0 Å². The number of alkyl halides is 1. The van der Waals surface area contributed by atoms with Gasteiger partial charge in [-0.3, -0.25) is 9.80 Å². The van der Waals surface area contributed by atoms with Crippen LogP contribution in [0.5, 0.6) is 0 Å². The molecule has 0 spiro atoms. The van der Waals surface area contributed by atoms with Crippen LogP contribution in [0.2, 0.25) is 0 Å². The Morgan fingerprint density at radius 2 is 1.81 bits per heavy atom. The van der Waals surface area contributed by atoms with E-state index in [9.17, 15) is 4.39 Å². The van der Waals surface area contributed by atoms with E-state index >= 15 is 0 Å². The molecule has 4 heterocycles. The van der Waals surface area contributed by atoms with E-state index in [0.29, 0.717) is 30.1 Å². The van der Waals surface area contributed by atoms with E-state index in [-0.39, 0.29) is 5.41 Å². The third-order valence-corrected chi connectivity index (χ3v) is 9.94. The van der Waals surface area contributed by atoms with Gasteiger partial charge in [-0.2, -0.15) is 0 Å². The first-order valence-corrected chi connectivity index (χ1v) is 14.9. The summed E-state index contributed by atoms with van der Waals surface area (Å²) >= 11 is 0. The van der Waals surface area contributed by atoms with Crippen molar-refractivity contribution in [2.45, 2.75) is 89.6 Å². The van der Waals surface area contributed by atoms with Crippen LogP contribution in [-0.4, -0.2) is 111 Å². The number of halogens is 1. The predicted octanol–water partition coefficient (Wildman–Crippen LogP) is 3.10. The Hall–Kier alpha value is -0.730. The van der Waals surface area contributed by atoms with Gasteiger partial charge in [0.1, 0.15) is 6.17 Å². The summed E-state index contributed by atoms with van der Waals surface area (Å²) in [4.78, 5) is 7.95. The Kier molecular flexibility index (Phi) is 8.63. The van der Waals surface area contributed by atoms with E-state index in [1.165, 1.54) is 18.5 Å². The quantitative estimate of drug-likeness (QED) is 0.554. The molecular weight excluding hydrogens is 453 g/mol. The van der Waals surface area contributed by atoms with E-state index in [0.717, 1.165) is 97.2 Å². The molecule has 0 bridgehead atoms. The van der Waals surface area contributed by atoms with Gasteiger partial charge in [-0.25, -0.2) is 4.39 Å². The number of piperazine rings is 1. The number of ether oxygens (including phenoxy) is 1. The van der Waals surface area contributed by atoms with Gasteiger partial charge < -0.3 is 20.3 Å². The molecule has 6 nitrogen and oxygen atoms in total. The third kappa shape index (κ3) is 6.28. The number of nitrogens with zero attached hydrogens (tertiary/aromatic N) is 3. The second kappa shape index (κ2) is 11.6. The second-order valence-electron chi connectivity index (χ2n) is 13.4. The molecule has 4 unspecified atom stereocenters. The number of nitrogens with one attached hydrogen (secondary N) is 2. The van der Waals surface area contributed by atoms with Crippen molar-refractivity contribution in [3.63, 3.8) is 0 Å². The van der Waals surface area contributed by atoms with Crippen LogP contribution in [0.15, 0.2) is 12.3 Å². The van der Waals surface area contributed by atoms with Gasteiger partial charge in [-0.05, 0) is 69.2 Å². The number of fused-ring (bicyclic) bond motifs is 1. The molecule has 5 fully saturated rings. The Bertz CT molecular complexity index is 735. The lowest BCUT2D eigenvalue weighted by Crippen LogP contribution is -2.60. The number of hydrogen-bond donors (Lipinski definition) is 2. The number of rotatable bonds is 7. The van der Waals surface area contributed by atoms with Crippen LogP contribution < -0.4 is 10.6 Å². The van der Waals surface area contributed by atoms with Crippen molar-refractivity contribution in [3.8, 4) is 0 Å². The molecule has 206 valence electrons. The van der Waals surface area contributed by atoms with Crippen molar-refractivity contribution in [1.29, 1.82) is 0 Å². The molecule has 0 radical (unpaired) electrons. The highest BCUT2D eigenvalue weighted by atomic mass is 19.1. The van der Waals surface area contributed by atoms with Gasteiger partial charge in [0.25, 0.3) is 0 Å². The highest BCUT2D eigenvalue weighted by Crippen LogP contribution is 2.43. The van der Waals surface area contributed by atoms with Crippen LogP contribution in [0.3, 0.4) is 0 Å². The molecule has 4 aliphatic heterocycles. The maximum Gasteiger partial charge on any atom is 0.100 e. The summed E-state index contributed by atoms with van der Waals surface area (Å²) in [6.45, 7) is 22.1. The first-order valence-electron chi connectivity index (χ1n) is 14.9. The van der Waals surface area contributed by atoms with Gasteiger partial charge in [0.05, 0.1) is 13.2 Å². The Labute approximate surface area is 219 Å². The zero-order chi connectivity index (χ0) is 25.3. The maximum absolute atomic E-state index is 13.7. The van der Waals surface area contributed by atoms with E-state index in [2.05, 4.69) is 46.1 Å². The van der Waals surface area contributed by atoms with Crippen molar-refractivity contribution >= 4 is 0 Å². The summed E-state index contributed by atoms with van der Waals surface area (Å²) in [6.07, 6.45) is 5.69. The highest BCUT2D eigenvalue weighted by molar-refractivity contribution is 5.14. The lowest BCUT2D eigenvalue weighted by molar-refractivity contribution is 0.0164. The molecule has 0 aromatic heterocycles. The SMILES string of the molecule is C=C(CN1C[C@@H](C)NCC1CN1CCOCC1)N1CC(C)(C)C2NCC(CC3CCC(F)CC3)CC21. The maximum atomic E-state index is 13.7. The van der Waals surface area contributed by atoms with Gasteiger partial charge in [0.2, 0.25) is 0 Å². The average molecular weight is 506 g/mol. The molecular formula is C29H52FN5O. The van der Waals surface area contributed by atoms with Gasteiger partial charge >= 0.3 is 0 Å². The zero-order valence-electron chi connectivity index (χ0n) is 23.2. The molecule has 5 aliphatic rings. The lowest BCUT2D eigenvalue weighted by atomic mass is 9.75. The van der Waals surface area contributed by atoms with Crippen molar-refractivity contribution in [2.75, 3.05) is 65.6 Å². The van der Waals surface area contributed by atoms with E-state index in [4.69, 9.17) is 11.3 Å². The van der Waals surface area contributed by atoms with Gasteiger partial charge in [0.15, 0.2) is 0 Å². The normalized spacial score (nSPS) is 40.2. The molecule has 1 aliphatic carbocycles. The van der Waals surface area contributed by atoms with Crippen LogP contribution in [0, 0.1) is 17.3 Å². The summed E-state index contributed by atoms with van der Waals surface area (Å²) in [5, 5.41) is 7.70. The molecule has 4 saturated heterocycles. The average Bonchev–Trinajstić information content (AvgIpc) is 3.13. The van der Waals surface area contributed by atoms with Crippen LogP contribution in [-0.2, 0) is 4.74 Å². The first-order chi connectivity index (χ1) is 17.3. The summed E-state index contributed by atoms with van der Waals surface area (Å²) in [5.41, 5.74) is 1.55. The second-order valence-corrected chi connectivity index (χ2v) is 13.4. The van der Waals surface area contributed by atoms with Gasteiger partial charge in [-0.15, -0.1) is 0 Å². The van der Waals surface area contributed by atoms with Crippen LogP contribution >= 0.6 is 0 Å². The molecule has 5 atom stereocenters. The highest BCUT2D eigenvalue weighted by Gasteiger charge is 2.50. The fraction of sp³-hybridized carbons (Fsp3) is 0.931. The fourth-order valence-electron chi connectivity index (χ4n) is 7.92. The van der Waals surface area contributed by atoms with Crippen LogP contribution in [0.4, 0.5) is 4.39 Å². The van der Waals surface area contributed by atoms with E-state index < -0.39 is 6.17 Å². The molecule has 1 saturated carbocycles. The Balaban J connectivity index is 1.21. The van der Waals surface area contributed by atoms with Crippen molar-refractivity contribution in [2.24, 2.45) is 17.3 Å². The largest absolute Gasteiger partial charge is 0.379 e. The first kappa shape index (κ1) is 26.9. The van der Waals surface area contributed by atoms with E-state index in [1.54, 1.807) is 0 Å². The summed E-state index contributed by atoms with van der Waals surface area (Å²) in [6, 6.07) is 2.09. The summed E-state index contributed by atoms with van der Waals surface area (Å²) < 4.78 is 19.2. The third-order valence-electron chi connectivity index (χ3n) is 9.94. The number of piperidine rings is 1. The monoisotopic (exact) mass is 505 g/mol. The van der Waals surface area contributed by atoms with Crippen LogP contribution in [0.25, 0.3) is 0 Å². The Morgan fingerprint density at radius 3 is 2.56 bits per heavy atom. The molecule has 7 heteroatoms. The van der Waals surface area contributed by atoms with Gasteiger partial charge in [0, 0.05) is 75.7 Å². The fourth-order valence-corrected chi connectivity index (χ4v) is 7.92. The Morgan fingerprint density at radius 1 is 1.06 bits per heavy atom. The molecule has 5 rings (SSSR count). The summed E-state index contributed by atoms with van der Waals surface area (Å²) in [7, 11) is 0. The van der Waals surface area contributed by atoms with Crippen molar-refractivity contribution in [1.82, 2.24) is 25.3 Å². The number of morpholine rings is 1. The minimum Gasteiger partial charge on any atom is -0.379 e. The number of likely N-dealkylation sites (tertiary alicyclic amines) is 1. The minimum atomic E-state index is -0.552. The number of hydrogen-bond acceptors (Lipinski definition) is 6. The summed E-state index contributed by atoms with van der Waals surface area (Å²) in [5.74, 6) is 1.42.